The SMILES string of the molecule is CC1=CC[C@@H](C)/C1=N/Nc1ccc([N+](=O)[O-])cc1[N+](=O)[O-]. The topological polar surface area (TPSA) is 111 Å². The van der Waals surface area contributed by atoms with Crippen LogP contribution >= 0.6 is 0 Å². The van der Waals surface area contributed by atoms with E-state index in [1.165, 1.54) is 12.1 Å². The molecule has 0 fully saturated rings. The van der Waals surface area contributed by atoms with E-state index in [-0.39, 0.29) is 23.0 Å². The van der Waals surface area contributed by atoms with Crippen LogP contribution in [-0.2, 0) is 0 Å². The fourth-order valence-electron chi connectivity index (χ4n) is 2.16. The maximum atomic E-state index is 11.0. The fourth-order valence-corrected chi connectivity index (χ4v) is 2.16. The Morgan fingerprint density at radius 1 is 1.29 bits per heavy atom. The molecule has 0 saturated carbocycles. The van der Waals surface area contributed by atoms with Crippen LogP contribution in [0.3, 0.4) is 0 Å². The zero-order valence-corrected chi connectivity index (χ0v) is 11.6. The smallest absolute Gasteiger partial charge is 0.271 e. The minimum atomic E-state index is -0.672. The largest absolute Gasteiger partial charge is 0.301 e. The van der Waals surface area contributed by atoms with E-state index >= 15 is 0 Å². The molecule has 1 N–H and O–H groups in total. The molecule has 0 saturated heterocycles. The van der Waals surface area contributed by atoms with Crippen molar-refractivity contribution >= 4 is 22.8 Å². The molecule has 0 unspecified atom stereocenters. The zero-order valence-electron chi connectivity index (χ0n) is 11.6. The lowest BCUT2D eigenvalue weighted by molar-refractivity contribution is -0.393. The Morgan fingerprint density at radius 2 is 2.00 bits per heavy atom. The summed E-state index contributed by atoms with van der Waals surface area (Å²) < 4.78 is 0. The lowest BCUT2D eigenvalue weighted by atomic mass is 10.1. The number of nitrogens with zero attached hydrogens (tertiary/aromatic N) is 3. The number of hydrogen-bond acceptors (Lipinski definition) is 6. The first-order valence-corrected chi connectivity index (χ1v) is 6.33. The molecule has 0 spiro atoms. The molecule has 8 nitrogen and oxygen atoms in total. The Morgan fingerprint density at radius 3 is 2.52 bits per heavy atom. The second-order valence-corrected chi connectivity index (χ2v) is 4.85. The number of hydrogen-bond donors (Lipinski definition) is 1. The summed E-state index contributed by atoms with van der Waals surface area (Å²) in [7, 11) is 0. The van der Waals surface area contributed by atoms with Crippen molar-refractivity contribution in [3.05, 3.63) is 50.1 Å². The minimum Gasteiger partial charge on any atom is -0.271 e. The van der Waals surface area contributed by atoms with Crippen molar-refractivity contribution in [2.45, 2.75) is 20.3 Å². The normalized spacial score (nSPS) is 19.4. The molecule has 21 heavy (non-hydrogen) atoms. The maximum absolute atomic E-state index is 11.0. The predicted molar refractivity (Wildman–Crippen MR) is 78.3 cm³/mol. The van der Waals surface area contributed by atoms with Crippen LogP contribution in [0.2, 0.25) is 0 Å². The summed E-state index contributed by atoms with van der Waals surface area (Å²) >= 11 is 0. The van der Waals surface area contributed by atoms with E-state index in [0.29, 0.717) is 0 Å². The Balaban J connectivity index is 2.32. The van der Waals surface area contributed by atoms with E-state index < -0.39 is 9.85 Å². The van der Waals surface area contributed by atoms with Gasteiger partial charge in [0.25, 0.3) is 5.69 Å². The number of nitro groups is 2. The van der Waals surface area contributed by atoms with E-state index in [1.54, 1.807) is 0 Å². The van der Waals surface area contributed by atoms with Crippen LogP contribution in [0.4, 0.5) is 17.1 Å². The van der Waals surface area contributed by atoms with Gasteiger partial charge in [-0.3, -0.25) is 25.7 Å². The Bertz CT molecular complexity index is 666. The molecule has 0 amide bonds. The third-order valence-corrected chi connectivity index (χ3v) is 3.33. The highest BCUT2D eigenvalue weighted by Gasteiger charge is 2.21. The molecule has 1 aliphatic rings. The molecule has 1 aromatic rings. The van der Waals surface area contributed by atoms with E-state index in [9.17, 15) is 20.2 Å². The van der Waals surface area contributed by atoms with Gasteiger partial charge in [-0.25, -0.2) is 0 Å². The molecule has 0 aromatic heterocycles. The summed E-state index contributed by atoms with van der Waals surface area (Å²) in [5.74, 6) is 0.245. The first kappa shape index (κ1) is 14.6. The van der Waals surface area contributed by atoms with Crippen LogP contribution in [0.15, 0.2) is 34.9 Å². The number of anilines is 1. The summed E-state index contributed by atoms with van der Waals surface area (Å²) in [6, 6.07) is 3.42. The van der Waals surface area contributed by atoms with Gasteiger partial charge in [0.1, 0.15) is 5.69 Å². The van der Waals surface area contributed by atoms with Gasteiger partial charge in [-0.1, -0.05) is 13.0 Å². The number of nitro benzene ring substituents is 2. The molecule has 0 bridgehead atoms. The molecule has 8 heteroatoms. The average molecular weight is 290 g/mol. The minimum absolute atomic E-state index is 0.130. The van der Waals surface area contributed by atoms with Gasteiger partial charge in [0, 0.05) is 12.0 Å². The molecule has 0 aliphatic heterocycles. The van der Waals surface area contributed by atoms with Crippen molar-refractivity contribution in [3.8, 4) is 0 Å². The van der Waals surface area contributed by atoms with Gasteiger partial charge < -0.3 is 0 Å². The van der Waals surface area contributed by atoms with E-state index in [1.807, 2.05) is 13.8 Å². The number of allylic oxidation sites excluding steroid dienone is 2. The Kier molecular flexibility index (Phi) is 3.97. The van der Waals surface area contributed by atoms with Crippen molar-refractivity contribution in [2.24, 2.45) is 11.0 Å². The van der Waals surface area contributed by atoms with E-state index in [4.69, 9.17) is 0 Å². The number of rotatable bonds is 4. The summed E-state index contributed by atoms with van der Waals surface area (Å²) in [4.78, 5) is 20.3. The second kappa shape index (κ2) is 5.70. The molecule has 1 aliphatic carbocycles. The summed E-state index contributed by atoms with van der Waals surface area (Å²) in [5, 5.41) is 25.9. The number of hydrazone groups is 1. The van der Waals surface area contributed by atoms with E-state index in [2.05, 4.69) is 16.6 Å². The monoisotopic (exact) mass is 290 g/mol. The molecule has 1 atom stereocenters. The lowest BCUT2D eigenvalue weighted by Gasteiger charge is -2.07. The highest BCUT2D eigenvalue weighted by atomic mass is 16.6. The van der Waals surface area contributed by atoms with Gasteiger partial charge in [0.15, 0.2) is 0 Å². The first-order chi connectivity index (χ1) is 9.90. The third kappa shape index (κ3) is 3.04. The molecular weight excluding hydrogens is 276 g/mol. The van der Waals surface area contributed by atoms with Gasteiger partial charge in [-0.05, 0) is 25.0 Å². The molecule has 0 radical (unpaired) electrons. The van der Waals surface area contributed by atoms with Crippen LogP contribution in [-0.4, -0.2) is 15.6 Å². The van der Waals surface area contributed by atoms with Gasteiger partial charge in [-0.15, -0.1) is 0 Å². The molecular formula is C13H14N4O4. The molecule has 0 heterocycles. The van der Waals surface area contributed by atoms with Gasteiger partial charge in [0.2, 0.25) is 0 Å². The van der Waals surface area contributed by atoms with Crippen LogP contribution in [0, 0.1) is 26.1 Å². The highest BCUT2D eigenvalue weighted by molar-refractivity contribution is 6.03. The maximum Gasteiger partial charge on any atom is 0.301 e. The molecule has 2 rings (SSSR count). The summed E-state index contributed by atoms with van der Waals surface area (Å²) in [5.41, 5.74) is 3.94. The number of non-ortho nitro benzene ring substituents is 1. The Labute approximate surface area is 120 Å². The second-order valence-electron chi connectivity index (χ2n) is 4.85. The van der Waals surface area contributed by atoms with Crippen molar-refractivity contribution in [2.75, 3.05) is 5.43 Å². The zero-order chi connectivity index (χ0) is 15.6. The van der Waals surface area contributed by atoms with E-state index in [0.717, 1.165) is 23.8 Å². The average Bonchev–Trinajstić information content (AvgIpc) is 2.75. The molecule has 110 valence electrons. The van der Waals surface area contributed by atoms with Crippen molar-refractivity contribution in [3.63, 3.8) is 0 Å². The third-order valence-electron chi connectivity index (χ3n) is 3.33. The Hall–Kier alpha value is -2.77. The van der Waals surface area contributed by atoms with Crippen molar-refractivity contribution in [1.82, 2.24) is 0 Å². The van der Waals surface area contributed by atoms with Crippen LogP contribution in [0.5, 0.6) is 0 Å². The first-order valence-electron chi connectivity index (χ1n) is 6.33. The van der Waals surface area contributed by atoms with Gasteiger partial charge in [0.05, 0.1) is 21.6 Å². The van der Waals surface area contributed by atoms with Crippen LogP contribution in [0.25, 0.3) is 0 Å². The fraction of sp³-hybridized carbons (Fsp3) is 0.308. The highest BCUT2D eigenvalue weighted by Crippen LogP contribution is 2.29. The van der Waals surface area contributed by atoms with Crippen LogP contribution < -0.4 is 5.43 Å². The molecule has 1 aromatic carbocycles. The van der Waals surface area contributed by atoms with Gasteiger partial charge >= 0.3 is 5.69 Å². The summed E-state index contributed by atoms with van der Waals surface area (Å²) in [6.07, 6.45) is 2.93. The number of benzene rings is 1. The predicted octanol–water partition coefficient (Wildman–Crippen LogP) is 3.26. The van der Waals surface area contributed by atoms with Crippen LogP contribution in [0.1, 0.15) is 20.3 Å². The lowest BCUT2D eigenvalue weighted by Crippen LogP contribution is -2.09. The standard InChI is InChI=1S/C13H14N4O4/c1-8-3-4-9(2)13(8)15-14-11-6-5-10(16(18)19)7-12(11)17(20)21/h3,5-7,9,14H,4H2,1-2H3/b15-13+/t9-/m1/s1. The van der Waals surface area contributed by atoms with Crippen molar-refractivity contribution < 1.29 is 9.85 Å². The van der Waals surface area contributed by atoms with Gasteiger partial charge in [-0.2, -0.15) is 5.10 Å². The van der Waals surface area contributed by atoms with Crippen molar-refractivity contribution in [1.29, 1.82) is 0 Å². The summed E-state index contributed by atoms with van der Waals surface area (Å²) in [6.45, 7) is 3.94. The quantitative estimate of drug-likeness (QED) is 0.675. The number of nitrogens with one attached hydrogen (secondary N) is 1.